The van der Waals surface area contributed by atoms with E-state index in [9.17, 15) is 0 Å². The Morgan fingerprint density at radius 2 is 1.61 bits per heavy atom. The van der Waals surface area contributed by atoms with Gasteiger partial charge in [0, 0.05) is 12.1 Å². The molecule has 1 unspecified atom stereocenters. The topological polar surface area (TPSA) is 21.3 Å². The molecule has 0 aliphatic heterocycles. The largest absolute Gasteiger partial charge is 1.00 e. The van der Waals surface area contributed by atoms with E-state index in [-0.39, 0.29) is 13.8 Å². The minimum atomic E-state index is 0. The molecule has 0 aliphatic carbocycles. The van der Waals surface area contributed by atoms with Crippen LogP contribution in [0.25, 0.3) is 0 Å². The molecule has 0 saturated heterocycles. The van der Waals surface area contributed by atoms with Crippen LogP contribution in [0.5, 0.6) is 5.75 Å². The second-order valence-electron chi connectivity index (χ2n) is 5.26. The molecule has 104 valence electrons. The Labute approximate surface area is 119 Å². The summed E-state index contributed by atoms with van der Waals surface area (Å²) in [6, 6.07) is 5.20. The van der Waals surface area contributed by atoms with Gasteiger partial charge in [-0.05, 0) is 38.8 Å². The number of aryl methyl sites for hydroxylation is 3. The lowest BCUT2D eigenvalue weighted by Crippen LogP contribution is -3.00. The molecule has 1 rings (SSSR count). The van der Waals surface area contributed by atoms with Crippen LogP contribution >= 0.6 is 0 Å². The fourth-order valence-electron chi connectivity index (χ4n) is 2.22. The zero-order valence-corrected chi connectivity index (χ0v) is 13.1. The molecule has 0 bridgehead atoms. The molecule has 0 amide bonds. The summed E-state index contributed by atoms with van der Waals surface area (Å²) >= 11 is 0. The van der Waals surface area contributed by atoms with E-state index in [4.69, 9.17) is 4.74 Å². The van der Waals surface area contributed by atoms with Gasteiger partial charge in [-0.1, -0.05) is 31.5 Å². The van der Waals surface area contributed by atoms with Crippen LogP contribution in [-0.4, -0.2) is 18.7 Å². The van der Waals surface area contributed by atoms with E-state index in [1.807, 2.05) is 0 Å². The standard InChI is InChI=1S/C15H25NO.ClH/c1-10(2)16-14(6)9-17-15-12(4)7-11(3)8-13(15)5;/h7-8,10,14,16H,9H2,1-6H3;1H. The lowest BCUT2D eigenvalue weighted by atomic mass is 10.1. The Morgan fingerprint density at radius 3 is 2.06 bits per heavy atom. The molecular formula is C15H26ClNO. The molecule has 0 radical (unpaired) electrons. The zero-order chi connectivity index (χ0) is 13.0. The van der Waals surface area contributed by atoms with E-state index in [0.29, 0.717) is 18.7 Å². The van der Waals surface area contributed by atoms with Crippen molar-refractivity contribution >= 4 is 0 Å². The Kier molecular flexibility index (Phi) is 7.34. The third-order valence-corrected chi connectivity index (χ3v) is 2.70. The molecule has 0 spiro atoms. The minimum Gasteiger partial charge on any atom is -1.00 e. The maximum absolute atomic E-state index is 5.92. The zero-order valence-electron chi connectivity index (χ0n) is 13.3. The van der Waals surface area contributed by atoms with Crippen molar-refractivity contribution in [2.75, 3.05) is 6.61 Å². The van der Waals surface area contributed by atoms with Crippen molar-refractivity contribution in [3.63, 3.8) is 0 Å². The van der Waals surface area contributed by atoms with Gasteiger partial charge in [-0.25, -0.2) is 0 Å². The van der Waals surface area contributed by atoms with E-state index >= 15 is 0 Å². The number of hydrogen-bond acceptors (Lipinski definition) is 2. The van der Waals surface area contributed by atoms with Crippen molar-refractivity contribution in [1.82, 2.24) is 5.32 Å². The third-order valence-electron chi connectivity index (χ3n) is 2.70. The van der Waals surface area contributed by atoms with E-state index in [1.54, 1.807) is 0 Å². The van der Waals surface area contributed by atoms with Crippen LogP contribution in [0.3, 0.4) is 0 Å². The maximum Gasteiger partial charge on any atom is 1.00 e. The van der Waals surface area contributed by atoms with Crippen LogP contribution in [0.1, 0.15) is 38.9 Å². The highest BCUT2D eigenvalue weighted by molar-refractivity contribution is 5.42. The van der Waals surface area contributed by atoms with Gasteiger partial charge >= 0.3 is 1.43 Å². The summed E-state index contributed by atoms with van der Waals surface area (Å²) in [5, 5.41) is 3.44. The Bertz CT molecular complexity index is 359. The lowest BCUT2D eigenvalue weighted by Gasteiger charge is -2.19. The van der Waals surface area contributed by atoms with Crippen LogP contribution in [0, 0.1) is 20.8 Å². The summed E-state index contributed by atoms with van der Waals surface area (Å²) < 4.78 is 5.92. The molecule has 0 fully saturated rings. The van der Waals surface area contributed by atoms with E-state index in [2.05, 4.69) is 59.0 Å². The van der Waals surface area contributed by atoms with Gasteiger partial charge in [0.15, 0.2) is 0 Å². The Morgan fingerprint density at radius 1 is 1.11 bits per heavy atom. The van der Waals surface area contributed by atoms with Crippen molar-refractivity contribution in [2.45, 2.75) is 53.6 Å². The van der Waals surface area contributed by atoms with Gasteiger partial charge in [-0.3, -0.25) is 0 Å². The van der Waals surface area contributed by atoms with Gasteiger partial charge in [0.1, 0.15) is 12.4 Å². The lowest BCUT2D eigenvalue weighted by molar-refractivity contribution is -0.00000445. The van der Waals surface area contributed by atoms with Crippen LogP contribution in [0.15, 0.2) is 12.1 Å². The van der Waals surface area contributed by atoms with Crippen molar-refractivity contribution in [2.24, 2.45) is 0 Å². The fraction of sp³-hybridized carbons (Fsp3) is 0.600. The molecule has 1 aromatic rings. The summed E-state index contributed by atoms with van der Waals surface area (Å²) in [5.41, 5.74) is 3.74. The summed E-state index contributed by atoms with van der Waals surface area (Å²) in [6.07, 6.45) is 0. The van der Waals surface area contributed by atoms with E-state index in [0.717, 1.165) is 5.75 Å². The second-order valence-corrected chi connectivity index (χ2v) is 5.26. The summed E-state index contributed by atoms with van der Waals surface area (Å²) in [4.78, 5) is 0. The highest BCUT2D eigenvalue weighted by atomic mass is 35.5. The molecule has 0 heterocycles. The van der Waals surface area contributed by atoms with Crippen molar-refractivity contribution in [3.05, 3.63) is 28.8 Å². The van der Waals surface area contributed by atoms with Gasteiger partial charge < -0.3 is 22.5 Å². The summed E-state index contributed by atoms with van der Waals surface area (Å²) in [6.45, 7) is 13.5. The number of hydrogen-bond donors (Lipinski definition) is 1. The smallest absolute Gasteiger partial charge is 1.00 e. The molecule has 18 heavy (non-hydrogen) atoms. The van der Waals surface area contributed by atoms with Crippen molar-refractivity contribution in [3.8, 4) is 5.75 Å². The molecule has 1 N–H and O–H groups in total. The first-order chi connectivity index (χ1) is 7.90. The summed E-state index contributed by atoms with van der Waals surface area (Å²) in [5.74, 6) is 1.04. The first-order valence-electron chi connectivity index (χ1n) is 6.37. The first kappa shape index (κ1) is 17.3. The highest BCUT2D eigenvalue weighted by Crippen LogP contribution is 2.24. The molecule has 3 heteroatoms. The Hall–Kier alpha value is -0.730. The van der Waals surface area contributed by atoms with Gasteiger partial charge in [0.25, 0.3) is 0 Å². The minimum absolute atomic E-state index is 0. The maximum atomic E-state index is 5.92. The predicted octanol–water partition coefficient (Wildman–Crippen LogP) is 0.494. The van der Waals surface area contributed by atoms with Gasteiger partial charge in [0.05, 0.1) is 0 Å². The van der Waals surface area contributed by atoms with Crippen LogP contribution in [0.2, 0.25) is 0 Å². The number of ether oxygens (including phenoxy) is 1. The van der Waals surface area contributed by atoms with Crippen molar-refractivity contribution in [1.29, 1.82) is 0 Å². The Balaban J connectivity index is 0. The first-order valence-corrected chi connectivity index (χ1v) is 6.37. The van der Waals surface area contributed by atoms with E-state index < -0.39 is 0 Å². The molecule has 0 aromatic heterocycles. The average Bonchev–Trinajstić information content (AvgIpc) is 2.14. The fourth-order valence-corrected chi connectivity index (χ4v) is 2.22. The van der Waals surface area contributed by atoms with E-state index in [1.165, 1.54) is 16.7 Å². The third kappa shape index (κ3) is 5.28. The quantitative estimate of drug-likeness (QED) is 0.842. The van der Waals surface area contributed by atoms with Crippen LogP contribution in [0.4, 0.5) is 0 Å². The summed E-state index contributed by atoms with van der Waals surface area (Å²) in [7, 11) is 0. The predicted molar refractivity (Wildman–Crippen MR) is 75.0 cm³/mol. The van der Waals surface area contributed by atoms with Crippen LogP contribution < -0.4 is 22.5 Å². The van der Waals surface area contributed by atoms with Gasteiger partial charge in [0.2, 0.25) is 0 Å². The normalized spacial score (nSPS) is 12.2. The number of benzene rings is 1. The SMILES string of the molecule is Cc1cc(C)c(OCC(C)NC(C)C)c(C)c1.[Cl-].[H+]. The van der Waals surface area contributed by atoms with Crippen LogP contribution in [-0.2, 0) is 0 Å². The number of rotatable bonds is 5. The monoisotopic (exact) mass is 271 g/mol. The highest BCUT2D eigenvalue weighted by Gasteiger charge is 2.08. The molecule has 0 aliphatic rings. The average molecular weight is 272 g/mol. The number of halogens is 1. The molecule has 1 atom stereocenters. The number of nitrogens with one attached hydrogen (secondary N) is 1. The molecular weight excluding hydrogens is 246 g/mol. The second kappa shape index (κ2) is 7.65. The van der Waals surface area contributed by atoms with Gasteiger partial charge in [-0.2, -0.15) is 0 Å². The molecule has 0 saturated carbocycles. The van der Waals surface area contributed by atoms with Crippen molar-refractivity contribution < 1.29 is 18.6 Å². The molecule has 2 nitrogen and oxygen atoms in total. The molecule has 1 aromatic carbocycles. The van der Waals surface area contributed by atoms with Gasteiger partial charge in [-0.15, -0.1) is 0 Å².